The Kier molecular flexibility index (Phi) is 2.69. The third kappa shape index (κ3) is 2.16. The van der Waals surface area contributed by atoms with Gasteiger partial charge in [-0.05, 0) is 12.0 Å². The highest BCUT2D eigenvalue weighted by atomic mass is 19.4. The molecule has 0 amide bonds. The molecule has 0 aromatic heterocycles. The first-order valence-corrected chi connectivity index (χ1v) is 4.14. The van der Waals surface area contributed by atoms with Crippen LogP contribution in [0.2, 0.25) is 0 Å². The quantitative estimate of drug-likeness (QED) is 0.697. The summed E-state index contributed by atoms with van der Waals surface area (Å²) in [5.41, 5.74) is 1.89. The van der Waals surface area contributed by atoms with Crippen LogP contribution < -0.4 is 5.43 Å². The van der Waals surface area contributed by atoms with Crippen LogP contribution in [0.3, 0.4) is 0 Å². The monoisotopic (exact) mass is 204 g/mol. The molecular formula is C9H11F3N2. The third-order valence-electron chi connectivity index (χ3n) is 1.77. The van der Waals surface area contributed by atoms with Gasteiger partial charge in [0.15, 0.2) is 0 Å². The number of halogens is 3. The van der Waals surface area contributed by atoms with Crippen molar-refractivity contribution in [3.8, 4) is 0 Å². The van der Waals surface area contributed by atoms with Gasteiger partial charge in [0, 0.05) is 5.70 Å². The predicted octanol–water partition coefficient (Wildman–Crippen LogP) is 2.60. The van der Waals surface area contributed by atoms with Crippen molar-refractivity contribution in [2.45, 2.75) is 20.0 Å². The molecule has 0 saturated carbocycles. The van der Waals surface area contributed by atoms with E-state index in [1.807, 2.05) is 0 Å². The lowest BCUT2D eigenvalue weighted by molar-refractivity contribution is -0.0866. The number of nitrogens with zero attached hydrogens (tertiary/aromatic N) is 1. The lowest BCUT2D eigenvalue weighted by atomic mass is 9.98. The minimum atomic E-state index is -4.37. The Labute approximate surface area is 80.2 Å². The molecule has 0 spiro atoms. The fourth-order valence-corrected chi connectivity index (χ4v) is 1.14. The number of allylic oxidation sites excluding steroid dienone is 2. The molecule has 0 fully saturated rings. The van der Waals surface area contributed by atoms with Gasteiger partial charge >= 0.3 is 6.18 Å². The highest BCUT2D eigenvalue weighted by molar-refractivity contribution is 6.03. The third-order valence-corrected chi connectivity index (χ3v) is 1.77. The zero-order valence-electron chi connectivity index (χ0n) is 7.94. The van der Waals surface area contributed by atoms with Crippen LogP contribution in [0.25, 0.3) is 0 Å². The van der Waals surface area contributed by atoms with Crippen LogP contribution in [0.15, 0.2) is 29.0 Å². The van der Waals surface area contributed by atoms with Crippen LogP contribution in [0.4, 0.5) is 13.2 Å². The van der Waals surface area contributed by atoms with E-state index in [0.717, 1.165) is 6.08 Å². The van der Waals surface area contributed by atoms with Gasteiger partial charge in [-0.2, -0.15) is 18.3 Å². The molecule has 1 N–H and O–H groups in total. The summed E-state index contributed by atoms with van der Waals surface area (Å²) in [6, 6.07) is 0. The molecule has 0 atom stereocenters. The van der Waals surface area contributed by atoms with Crippen molar-refractivity contribution in [3.05, 3.63) is 23.9 Å². The molecule has 1 rings (SSSR count). The van der Waals surface area contributed by atoms with Crippen molar-refractivity contribution in [1.82, 2.24) is 5.43 Å². The zero-order chi connectivity index (χ0) is 10.9. The highest BCUT2D eigenvalue weighted by Gasteiger charge is 2.39. The van der Waals surface area contributed by atoms with Gasteiger partial charge in [-0.15, -0.1) is 0 Å². The first kappa shape index (κ1) is 10.8. The summed E-state index contributed by atoms with van der Waals surface area (Å²) in [6.45, 7) is 6.70. The first-order valence-electron chi connectivity index (χ1n) is 4.14. The van der Waals surface area contributed by atoms with Crippen molar-refractivity contribution in [2.24, 2.45) is 11.0 Å². The number of nitrogens with one attached hydrogen (secondary N) is 1. The molecule has 0 aromatic carbocycles. The SMILES string of the molecule is C=C1C=C(C(F)(F)F)C(C(C)C)=NN1. The molecule has 1 aliphatic rings. The minimum Gasteiger partial charge on any atom is -0.279 e. The van der Waals surface area contributed by atoms with E-state index in [1.165, 1.54) is 0 Å². The molecule has 2 nitrogen and oxygen atoms in total. The number of hydrogen-bond acceptors (Lipinski definition) is 2. The number of alkyl halides is 3. The number of rotatable bonds is 1. The molecular weight excluding hydrogens is 193 g/mol. The predicted molar refractivity (Wildman–Crippen MR) is 48.7 cm³/mol. The Bertz CT molecular complexity index is 311. The maximum atomic E-state index is 12.5. The van der Waals surface area contributed by atoms with Crippen LogP contribution >= 0.6 is 0 Å². The molecule has 0 radical (unpaired) electrons. The van der Waals surface area contributed by atoms with E-state index in [0.29, 0.717) is 0 Å². The number of hydrazone groups is 1. The van der Waals surface area contributed by atoms with Gasteiger partial charge < -0.3 is 0 Å². The molecule has 1 heterocycles. The maximum absolute atomic E-state index is 12.5. The summed E-state index contributed by atoms with van der Waals surface area (Å²) >= 11 is 0. The van der Waals surface area contributed by atoms with E-state index >= 15 is 0 Å². The van der Waals surface area contributed by atoms with Gasteiger partial charge in [-0.25, -0.2) is 0 Å². The van der Waals surface area contributed by atoms with E-state index in [9.17, 15) is 13.2 Å². The second kappa shape index (κ2) is 3.48. The lowest BCUT2D eigenvalue weighted by Crippen LogP contribution is -2.29. The molecule has 0 bridgehead atoms. The van der Waals surface area contributed by atoms with Crippen LogP contribution in [-0.4, -0.2) is 11.9 Å². The van der Waals surface area contributed by atoms with Gasteiger partial charge in [0.25, 0.3) is 0 Å². The van der Waals surface area contributed by atoms with E-state index in [-0.39, 0.29) is 17.3 Å². The average Bonchev–Trinajstić information content (AvgIpc) is 2.01. The molecule has 0 saturated heterocycles. The van der Waals surface area contributed by atoms with Gasteiger partial charge in [-0.1, -0.05) is 20.4 Å². The molecule has 5 heteroatoms. The first-order chi connectivity index (χ1) is 6.32. The fourth-order valence-electron chi connectivity index (χ4n) is 1.14. The molecule has 14 heavy (non-hydrogen) atoms. The van der Waals surface area contributed by atoms with Crippen molar-refractivity contribution in [1.29, 1.82) is 0 Å². The summed E-state index contributed by atoms with van der Waals surface area (Å²) in [5, 5.41) is 3.64. The fraction of sp³-hybridized carbons (Fsp3) is 0.444. The summed E-state index contributed by atoms with van der Waals surface area (Å²) in [6.07, 6.45) is -3.39. The van der Waals surface area contributed by atoms with Crippen LogP contribution in [-0.2, 0) is 0 Å². The molecule has 0 aromatic rings. The summed E-state index contributed by atoms with van der Waals surface area (Å²) < 4.78 is 37.5. The Morgan fingerprint density at radius 3 is 2.43 bits per heavy atom. The van der Waals surface area contributed by atoms with E-state index in [4.69, 9.17) is 0 Å². The van der Waals surface area contributed by atoms with Crippen LogP contribution in [0, 0.1) is 5.92 Å². The molecule has 0 aliphatic carbocycles. The van der Waals surface area contributed by atoms with Crippen LogP contribution in [0.1, 0.15) is 13.8 Å². The molecule has 1 aliphatic heterocycles. The molecule has 0 unspecified atom stereocenters. The Morgan fingerprint density at radius 2 is 2.00 bits per heavy atom. The van der Waals surface area contributed by atoms with Crippen molar-refractivity contribution >= 4 is 5.71 Å². The normalized spacial score (nSPS) is 17.7. The Hall–Kier alpha value is -1.26. The Balaban J connectivity index is 3.09. The van der Waals surface area contributed by atoms with Gasteiger partial charge in [-0.3, -0.25) is 5.43 Å². The van der Waals surface area contributed by atoms with Crippen molar-refractivity contribution in [3.63, 3.8) is 0 Å². The van der Waals surface area contributed by atoms with Crippen molar-refractivity contribution in [2.75, 3.05) is 0 Å². The zero-order valence-corrected chi connectivity index (χ0v) is 7.94. The minimum absolute atomic E-state index is 0.0184. The summed E-state index contributed by atoms with van der Waals surface area (Å²) in [7, 11) is 0. The maximum Gasteiger partial charge on any atom is 0.418 e. The van der Waals surface area contributed by atoms with Gasteiger partial charge in [0.05, 0.1) is 11.3 Å². The second-order valence-corrected chi connectivity index (χ2v) is 3.34. The van der Waals surface area contributed by atoms with Crippen LogP contribution in [0.5, 0.6) is 0 Å². The van der Waals surface area contributed by atoms with Gasteiger partial charge in [0.1, 0.15) is 0 Å². The van der Waals surface area contributed by atoms with E-state index in [1.54, 1.807) is 13.8 Å². The molecule has 78 valence electrons. The lowest BCUT2D eigenvalue weighted by Gasteiger charge is -2.21. The second-order valence-electron chi connectivity index (χ2n) is 3.34. The summed E-state index contributed by atoms with van der Waals surface area (Å²) in [5.74, 6) is -0.275. The number of hydrogen-bond donors (Lipinski definition) is 1. The summed E-state index contributed by atoms with van der Waals surface area (Å²) in [4.78, 5) is 0. The van der Waals surface area contributed by atoms with E-state index < -0.39 is 11.7 Å². The van der Waals surface area contributed by atoms with Crippen molar-refractivity contribution < 1.29 is 13.2 Å². The van der Waals surface area contributed by atoms with E-state index in [2.05, 4.69) is 17.1 Å². The largest absolute Gasteiger partial charge is 0.418 e. The standard InChI is InChI=1S/C9H11F3N2/c1-5(2)8-7(9(10,11)12)4-6(3)13-14-8/h4-5,13H,3H2,1-2H3. The smallest absolute Gasteiger partial charge is 0.279 e. The topological polar surface area (TPSA) is 24.4 Å². The highest BCUT2D eigenvalue weighted by Crippen LogP contribution is 2.31. The Morgan fingerprint density at radius 1 is 1.43 bits per heavy atom. The average molecular weight is 204 g/mol. The van der Waals surface area contributed by atoms with Gasteiger partial charge in [0.2, 0.25) is 0 Å².